The summed E-state index contributed by atoms with van der Waals surface area (Å²) >= 11 is 1.43. The summed E-state index contributed by atoms with van der Waals surface area (Å²) in [5.41, 5.74) is 6.79. The third-order valence-corrected chi connectivity index (χ3v) is 4.62. The van der Waals surface area contributed by atoms with Crippen LogP contribution in [0.4, 0.5) is 5.13 Å². The Morgan fingerprint density at radius 3 is 2.84 bits per heavy atom. The van der Waals surface area contributed by atoms with Gasteiger partial charge >= 0.3 is 0 Å². The van der Waals surface area contributed by atoms with Gasteiger partial charge in [0.15, 0.2) is 11.5 Å². The zero-order chi connectivity index (χ0) is 17.2. The lowest BCUT2D eigenvalue weighted by Crippen LogP contribution is -2.29. The highest BCUT2D eigenvalue weighted by atomic mass is 32.1. The van der Waals surface area contributed by atoms with Crippen LogP contribution in [0.1, 0.15) is 10.4 Å². The van der Waals surface area contributed by atoms with Crippen molar-refractivity contribution >= 4 is 32.6 Å². The second kappa shape index (κ2) is 6.48. The molecule has 1 aromatic heterocycles. The molecule has 0 spiro atoms. The molecule has 1 amide bonds. The molecule has 0 bridgehead atoms. The van der Waals surface area contributed by atoms with Crippen molar-refractivity contribution in [3.63, 3.8) is 0 Å². The average Bonchev–Trinajstić information content (AvgIpc) is 3.07. The Kier molecular flexibility index (Phi) is 4.02. The van der Waals surface area contributed by atoms with E-state index in [1.54, 1.807) is 25.3 Å². The maximum Gasteiger partial charge on any atom is 0.269 e. The Bertz CT molecular complexity index is 941. The van der Waals surface area contributed by atoms with Crippen molar-refractivity contribution in [1.29, 1.82) is 0 Å². The number of hydrogen-bond acceptors (Lipinski definition) is 7. The molecule has 0 fully saturated rings. The number of nitrogens with one attached hydrogen (secondary N) is 2. The lowest BCUT2D eigenvalue weighted by Gasteiger charge is -2.18. The van der Waals surface area contributed by atoms with Gasteiger partial charge in [0, 0.05) is 5.56 Å². The molecule has 0 atom stereocenters. The monoisotopic (exact) mass is 357 g/mol. The van der Waals surface area contributed by atoms with E-state index in [2.05, 4.69) is 15.8 Å². The molecule has 2 aromatic carbocycles. The van der Waals surface area contributed by atoms with Gasteiger partial charge < -0.3 is 14.2 Å². The molecule has 0 saturated carbocycles. The van der Waals surface area contributed by atoms with Gasteiger partial charge in [-0.15, -0.1) is 0 Å². The Labute approximate surface area is 147 Å². The number of carbonyl (C=O) groups excluding carboxylic acids is 1. The van der Waals surface area contributed by atoms with Gasteiger partial charge in [0.1, 0.15) is 19.0 Å². The van der Waals surface area contributed by atoms with Crippen LogP contribution >= 0.6 is 11.3 Å². The number of carbonyl (C=O) groups is 1. The standard InChI is InChI=1S/C17H15N3O4S/c1-22-11-3-4-12-15(9-11)25-17(18-12)20-19-16(21)10-2-5-13-14(8-10)24-7-6-23-13/h2-5,8-9H,6-7H2,1H3,(H,18,20)(H,19,21). The largest absolute Gasteiger partial charge is 0.497 e. The molecule has 4 rings (SSSR count). The number of anilines is 1. The minimum absolute atomic E-state index is 0.284. The van der Waals surface area contributed by atoms with E-state index >= 15 is 0 Å². The minimum atomic E-state index is -0.284. The van der Waals surface area contributed by atoms with Gasteiger partial charge in [0.05, 0.1) is 17.3 Å². The van der Waals surface area contributed by atoms with Gasteiger partial charge in [-0.1, -0.05) is 11.3 Å². The molecule has 25 heavy (non-hydrogen) atoms. The normalized spacial score (nSPS) is 12.7. The summed E-state index contributed by atoms with van der Waals surface area (Å²) in [7, 11) is 1.62. The second-order valence-electron chi connectivity index (χ2n) is 5.29. The van der Waals surface area contributed by atoms with E-state index in [-0.39, 0.29) is 5.91 Å². The number of thiazole rings is 1. The van der Waals surface area contributed by atoms with Crippen molar-refractivity contribution in [3.05, 3.63) is 42.0 Å². The van der Waals surface area contributed by atoms with Crippen LogP contribution in [0.15, 0.2) is 36.4 Å². The van der Waals surface area contributed by atoms with Crippen LogP contribution in [0.25, 0.3) is 10.2 Å². The van der Waals surface area contributed by atoms with Crippen LogP contribution in [-0.2, 0) is 0 Å². The Morgan fingerprint density at radius 1 is 1.16 bits per heavy atom. The summed E-state index contributed by atoms with van der Waals surface area (Å²) in [5.74, 6) is 1.71. The summed E-state index contributed by atoms with van der Waals surface area (Å²) in [6.45, 7) is 0.994. The van der Waals surface area contributed by atoms with Crippen LogP contribution in [0, 0.1) is 0 Å². The third kappa shape index (κ3) is 3.16. The number of hydrogen-bond donors (Lipinski definition) is 2. The number of hydrazine groups is 1. The summed E-state index contributed by atoms with van der Waals surface area (Å²) in [4.78, 5) is 16.7. The van der Waals surface area contributed by atoms with Crippen molar-refractivity contribution in [1.82, 2.24) is 10.4 Å². The number of benzene rings is 2. The van der Waals surface area contributed by atoms with Gasteiger partial charge in [0.2, 0.25) is 5.13 Å². The number of methoxy groups -OCH3 is 1. The number of rotatable bonds is 4. The molecule has 0 saturated heterocycles. The maximum absolute atomic E-state index is 12.3. The summed E-state index contributed by atoms with van der Waals surface area (Å²) < 4.78 is 17.1. The van der Waals surface area contributed by atoms with Crippen LogP contribution in [0.5, 0.6) is 17.2 Å². The van der Waals surface area contributed by atoms with Crippen molar-refractivity contribution < 1.29 is 19.0 Å². The van der Waals surface area contributed by atoms with Crippen molar-refractivity contribution in [2.75, 3.05) is 25.7 Å². The van der Waals surface area contributed by atoms with Gasteiger partial charge in [-0.25, -0.2) is 4.98 Å². The third-order valence-electron chi connectivity index (χ3n) is 3.68. The molecule has 3 aromatic rings. The predicted molar refractivity (Wildman–Crippen MR) is 94.7 cm³/mol. The number of fused-ring (bicyclic) bond motifs is 2. The fraction of sp³-hybridized carbons (Fsp3) is 0.176. The molecule has 0 aliphatic carbocycles. The van der Waals surface area contributed by atoms with Gasteiger partial charge in [0.25, 0.3) is 5.91 Å². The first-order valence-corrected chi connectivity index (χ1v) is 8.45. The van der Waals surface area contributed by atoms with Gasteiger partial charge in [-0.3, -0.25) is 15.6 Å². The maximum atomic E-state index is 12.3. The lowest BCUT2D eigenvalue weighted by molar-refractivity contribution is 0.0961. The van der Waals surface area contributed by atoms with Gasteiger partial charge in [-0.05, 0) is 36.4 Å². The van der Waals surface area contributed by atoms with Crippen LogP contribution in [0.2, 0.25) is 0 Å². The fourth-order valence-electron chi connectivity index (χ4n) is 2.45. The van der Waals surface area contributed by atoms with Crippen LogP contribution < -0.4 is 25.1 Å². The van der Waals surface area contributed by atoms with E-state index in [1.807, 2.05) is 18.2 Å². The molecule has 7 nitrogen and oxygen atoms in total. The van der Waals surface area contributed by atoms with Crippen LogP contribution in [0.3, 0.4) is 0 Å². The SMILES string of the molecule is COc1ccc2nc(NNC(=O)c3ccc4c(c3)OCCO4)sc2c1. The van der Waals surface area contributed by atoms with E-state index in [0.29, 0.717) is 35.4 Å². The molecule has 1 aliphatic rings. The van der Waals surface area contributed by atoms with Gasteiger partial charge in [-0.2, -0.15) is 0 Å². The van der Waals surface area contributed by atoms with E-state index in [1.165, 1.54) is 11.3 Å². The zero-order valence-corrected chi connectivity index (χ0v) is 14.2. The topological polar surface area (TPSA) is 81.7 Å². The number of amides is 1. The first-order chi connectivity index (χ1) is 12.2. The number of ether oxygens (including phenoxy) is 3. The molecular formula is C17H15N3O4S. The Balaban J connectivity index is 1.46. The zero-order valence-electron chi connectivity index (χ0n) is 13.4. The highest BCUT2D eigenvalue weighted by molar-refractivity contribution is 7.22. The van der Waals surface area contributed by atoms with E-state index in [4.69, 9.17) is 14.2 Å². The molecule has 2 N–H and O–H groups in total. The average molecular weight is 357 g/mol. The molecule has 128 valence electrons. The number of nitrogens with zero attached hydrogens (tertiary/aromatic N) is 1. The second-order valence-corrected chi connectivity index (χ2v) is 6.32. The van der Waals surface area contributed by atoms with Crippen molar-refractivity contribution in [2.24, 2.45) is 0 Å². The highest BCUT2D eigenvalue weighted by Gasteiger charge is 2.15. The van der Waals surface area contributed by atoms with E-state index in [0.717, 1.165) is 16.0 Å². The molecule has 8 heteroatoms. The first kappa shape index (κ1) is 15.5. The Morgan fingerprint density at radius 2 is 2.00 bits per heavy atom. The fourth-order valence-corrected chi connectivity index (χ4v) is 3.30. The summed E-state index contributed by atoms with van der Waals surface area (Å²) in [6.07, 6.45) is 0. The molecule has 0 unspecified atom stereocenters. The molecule has 1 aliphatic heterocycles. The number of aromatic nitrogens is 1. The van der Waals surface area contributed by atoms with Crippen molar-refractivity contribution in [3.8, 4) is 17.2 Å². The highest BCUT2D eigenvalue weighted by Crippen LogP contribution is 2.31. The van der Waals surface area contributed by atoms with Crippen molar-refractivity contribution in [2.45, 2.75) is 0 Å². The van der Waals surface area contributed by atoms with E-state index in [9.17, 15) is 4.79 Å². The first-order valence-electron chi connectivity index (χ1n) is 7.63. The predicted octanol–water partition coefficient (Wildman–Crippen LogP) is 2.83. The lowest BCUT2D eigenvalue weighted by atomic mass is 10.2. The summed E-state index contributed by atoms with van der Waals surface area (Å²) in [6, 6.07) is 10.7. The molecular weight excluding hydrogens is 342 g/mol. The molecule has 0 radical (unpaired) electrons. The van der Waals surface area contributed by atoms with Crippen LogP contribution in [-0.4, -0.2) is 31.2 Å². The quantitative estimate of drug-likeness (QED) is 0.699. The van der Waals surface area contributed by atoms with E-state index < -0.39 is 0 Å². The minimum Gasteiger partial charge on any atom is -0.497 e. The molecule has 2 heterocycles. The smallest absolute Gasteiger partial charge is 0.269 e. The Hall–Kier alpha value is -3.00. The summed E-state index contributed by atoms with van der Waals surface area (Å²) in [5, 5.41) is 0.592.